The van der Waals surface area contributed by atoms with Crippen LogP contribution in [0.2, 0.25) is 5.15 Å². The number of nitrogens with zero attached hydrogens (tertiary/aromatic N) is 2. The molecule has 0 saturated carbocycles. The molecule has 2 N–H and O–H groups in total. The summed E-state index contributed by atoms with van der Waals surface area (Å²) in [6.07, 6.45) is 2.64. The molecule has 0 unspecified atom stereocenters. The predicted octanol–water partition coefficient (Wildman–Crippen LogP) is 3.78. The molecule has 1 aromatic carbocycles. The third-order valence-electron chi connectivity index (χ3n) is 3.71. The van der Waals surface area contributed by atoms with E-state index in [-0.39, 0.29) is 0 Å². The van der Waals surface area contributed by atoms with Crippen molar-refractivity contribution in [1.82, 2.24) is 15.6 Å². The van der Waals surface area contributed by atoms with Crippen LogP contribution in [0.3, 0.4) is 0 Å². The van der Waals surface area contributed by atoms with Gasteiger partial charge in [-0.25, -0.2) is 9.98 Å². The SMILES string of the molecule is CCNC(=NCc1cc2ccccc2o1)NCCc1ccc(Cl)nc1. The Morgan fingerprint density at radius 1 is 1.20 bits per heavy atom. The van der Waals surface area contributed by atoms with Crippen molar-refractivity contribution < 1.29 is 4.42 Å². The zero-order valence-electron chi connectivity index (χ0n) is 14.1. The lowest BCUT2D eigenvalue weighted by atomic mass is 10.2. The van der Waals surface area contributed by atoms with Crippen molar-refractivity contribution in [3.63, 3.8) is 0 Å². The Morgan fingerprint density at radius 3 is 2.84 bits per heavy atom. The van der Waals surface area contributed by atoms with Gasteiger partial charge in [0.25, 0.3) is 0 Å². The van der Waals surface area contributed by atoms with E-state index >= 15 is 0 Å². The first-order valence-corrected chi connectivity index (χ1v) is 8.72. The quantitative estimate of drug-likeness (QED) is 0.401. The van der Waals surface area contributed by atoms with Crippen LogP contribution in [0.15, 0.2) is 58.1 Å². The van der Waals surface area contributed by atoms with Crippen LogP contribution in [-0.4, -0.2) is 24.0 Å². The predicted molar refractivity (Wildman–Crippen MR) is 102 cm³/mol. The zero-order valence-corrected chi connectivity index (χ0v) is 14.9. The fourth-order valence-electron chi connectivity index (χ4n) is 2.49. The summed E-state index contributed by atoms with van der Waals surface area (Å²) in [5.41, 5.74) is 2.02. The Bertz CT molecular complexity index is 809. The summed E-state index contributed by atoms with van der Waals surface area (Å²) in [5.74, 6) is 1.62. The minimum atomic E-state index is 0.493. The highest BCUT2D eigenvalue weighted by molar-refractivity contribution is 6.29. The number of rotatable bonds is 6. The van der Waals surface area contributed by atoms with Crippen molar-refractivity contribution >= 4 is 28.5 Å². The van der Waals surface area contributed by atoms with E-state index in [0.29, 0.717) is 11.7 Å². The molecule has 0 radical (unpaired) electrons. The second-order valence-corrected chi connectivity index (χ2v) is 6.00. The van der Waals surface area contributed by atoms with Crippen molar-refractivity contribution in [3.8, 4) is 0 Å². The van der Waals surface area contributed by atoms with Gasteiger partial charge in [-0.15, -0.1) is 0 Å². The van der Waals surface area contributed by atoms with Crippen LogP contribution >= 0.6 is 11.6 Å². The van der Waals surface area contributed by atoms with Gasteiger partial charge >= 0.3 is 0 Å². The molecular weight excluding hydrogens is 336 g/mol. The van der Waals surface area contributed by atoms with E-state index in [9.17, 15) is 0 Å². The van der Waals surface area contributed by atoms with Crippen molar-refractivity contribution in [2.75, 3.05) is 13.1 Å². The highest BCUT2D eigenvalue weighted by Gasteiger charge is 2.03. The maximum absolute atomic E-state index is 5.80. The van der Waals surface area contributed by atoms with E-state index in [4.69, 9.17) is 16.0 Å². The molecule has 0 spiro atoms. The van der Waals surface area contributed by atoms with Crippen LogP contribution in [0, 0.1) is 0 Å². The van der Waals surface area contributed by atoms with E-state index in [1.807, 2.05) is 43.3 Å². The first-order valence-electron chi connectivity index (χ1n) is 8.34. The molecule has 0 aliphatic rings. The van der Waals surface area contributed by atoms with Gasteiger partial charge in [-0.3, -0.25) is 0 Å². The molecule has 2 heterocycles. The number of pyridine rings is 1. The fraction of sp³-hybridized carbons (Fsp3) is 0.263. The van der Waals surface area contributed by atoms with E-state index < -0.39 is 0 Å². The molecule has 0 aliphatic carbocycles. The third kappa shape index (κ3) is 4.97. The van der Waals surface area contributed by atoms with Gasteiger partial charge in [-0.05, 0) is 37.1 Å². The maximum Gasteiger partial charge on any atom is 0.191 e. The van der Waals surface area contributed by atoms with Gasteiger partial charge < -0.3 is 15.1 Å². The van der Waals surface area contributed by atoms with Crippen LogP contribution in [0.25, 0.3) is 11.0 Å². The number of fused-ring (bicyclic) bond motifs is 1. The lowest BCUT2D eigenvalue weighted by Crippen LogP contribution is -2.38. The second-order valence-electron chi connectivity index (χ2n) is 5.61. The molecule has 2 aromatic heterocycles. The number of benzene rings is 1. The molecule has 0 amide bonds. The number of aliphatic imine (C=N–C) groups is 1. The minimum Gasteiger partial charge on any atom is -0.459 e. The molecule has 0 atom stereocenters. The van der Waals surface area contributed by atoms with Crippen molar-refractivity contribution in [1.29, 1.82) is 0 Å². The number of nitrogens with one attached hydrogen (secondary N) is 2. The molecule has 0 saturated heterocycles. The van der Waals surface area contributed by atoms with Gasteiger partial charge in [-0.2, -0.15) is 0 Å². The lowest BCUT2D eigenvalue weighted by molar-refractivity contribution is 0.551. The van der Waals surface area contributed by atoms with E-state index in [0.717, 1.165) is 47.8 Å². The number of para-hydroxylation sites is 1. The topological polar surface area (TPSA) is 62.5 Å². The monoisotopic (exact) mass is 356 g/mol. The summed E-state index contributed by atoms with van der Waals surface area (Å²) in [4.78, 5) is 8.68. The normalized spacial score (nSPS) is 11.7. The Hall–Kier alpha value is -2.53. The highest BCUT2D eigenvalue weighted by Crippen LogP contribution is 2.19. The second kappa shape index (κ2) is 8.53. The van der Waals surface area contributed by atoms with E-state index in [2.05, 4.69) is 20.6 Å². The first-order chi connectivity index (χ1) is 12.2. The molecule has 25 heavy (non-hydrogen) atoms. The Morgan fingerprint density at radius 2 is 2.08 bits per heavy atom. The van der Waals surface area contributed by atoms with Crippen LogP contribution in [-0.2, 0) is 13.0 Å². The van der Waals surface area contributed by atoms with E-state index in [1.165, 1.54) is 0 Å². The van der Waals surface area contributed by atoms with Gasteiger partial charge in [0.1, 0.15) is 23.0 Å². The molecule has 0 bridgehead atoms. The summed E-state index contributed by atoms with van der Waals surface area (Å²) in [6, 6.07) is 13.8. The van der Waals surface area contributed by atoms with Gasteiger partial charge in [0.2, 0.25) is 0 Å². The Balaban J connectivity index is 1.57. The van der Waals surface area contributed by atoms with Gasteiger partial charge in [0.15, 0.2) is 5.96 Å². The largest absolute Gasteiger partial charge is 0.459 e. The van der Waals surface area contributed by atoms with Crippen LogP contribution in [0.4, 0.5) is 0 Å². The number of furan rings is 1. The summed E-state index contributed by atoms with van der Waals surface area (Å²) >= 11 is 5.80. The summed E-state index contributed by atoms with van der Waals surface area (Å²) in [6.45, 7) is 4.09. The number of hydrogen-bond acceptors (Lipinski definition) is 3. The Labute approximate surface area is 152 Å². The molecule has 0 aliphatic heterocycles. The molecule has 6 heteroatoms. The average Bonchev–Trinajstić information content (AvgIpc) is 3.04. The molecule has 3 rings (SSSR count). The first kappa shape index (κ1) is 17.3. The van der Waals surface area contributed by atoms with Crippen molar-refractivity contribution in [2.45, 2.75) is 19.9 Å². The number of halogens is 1. The van der Waals surface area contributed by atoms with Gasteiger partial charge in [0.05, 0.1) is 0 Å². The molecule has 0 fully saturated rings. The summed E-state index contributed by atoms with van der Waals surface area (Å²) in [7, 11) is 0. The van der Waals surface area contributed by atoms with Crippen molar-refractivity contribution in [2.24, 2.45) is 4.99 Å². The summed E-state index contributed by atoms with van der Waals surface area (Å²) in [5, 5.41) is 8.18. The highest BCUT2D eigenvalue weighted by atomic mass is 35.5. The average molecular weight is 357 g/mol. The van der Waals surface area contributed by atoms with E-state index in [1.54, 1.807) is 12.3 Å². The minimum absolute atomic E-state index is 0.493. The van der Waals surface area contributed by atoms with Crippen molar-refractivity contribution in [3.05, 3.63) is 65.1 Å². The maximum atomic E-state index is 5.80. The Kier molecular flexibility index (Phi) is 5.90. The van der Waals surface area contributed by atoms with Crippen LogP contribution in [0.5, 0.6) is 0 Å². The smallest absolute Gasteiger partial charge is 0.191 e. The number of aromatic nitrogens is 1. The lowest BCUT2D eigenvalue weighted by Gasteiger charge is -2.10. The molecule has 3 aromatic rings. The number of guanidine groups is 1. The molecule has 5 nitrogen and oxygen atoms in total. The fourth-order valence-corrected chi connectivity index (χ4v) is 2.60. The molecule has 130 valence electrons. The molecular formula is C19H21ClN4O. The van der Waals surface area contributed by atoms with Crippen LogP contribution in [0.1, 0.15) is 18.2 Å². The van der Waals surface area contributed by atoms with Crippen LogP contribution < -0.4 is 10.6 Å². The van der Waals surface area contributed by atoms with Gasteiger partial charge in [-0.1, -0.05) is 35.9 Å². The third-order valence-corrected chi connectivity index (χ3v) is 3.93. The zero-order chi connectivity index (χ0) is 17.5. The summed E-state index contributed by atoms with van der Waals surface area (Å²) < 4.78 is 5.80. The van der Waals surface area contributed by atoms with Gasteiger partial charge in [0, 0.05) is 24.7 Å². The number of hydrogen-bond donors (Lipinski definition) is 2. The standard InChI is InChI=1S/C19H21ClN4O/c1-2-21-19(22-10-9-14-7-8-18(20)23-12-14)24-13-16-11-15-5-3-4-6-17(15)25-16/h3-8,11-12H,2,9-10,13H2,1H3,(H2,21,22,24).